The number of aromatic nitrogens is 2. The van der Waals surface area contributed by atoms with Crippen molar-refractivity contribution >= 4 is 17.3 Å². The Labute approximate surface area is 163 Å². The Morgan fingerprint density at radius 1 is 1.15 bits per heavy atom. The molecule has 0 bridgehead atoms. The average molecular weight is 384 g/mol. The number of likely N-dealkylation sites (N-methyl/N-ethyl adjacent to an activating group) is 1. The molecule has 0 aliphatic carbocycles. The van der Waals surface area contributed by atoms with Crippen molar-refractivity contribution in [3.63, 3.8) is 0 Å². The number of anilines is 1. The fourth-order valence-electron chi connectivity index (χ4n) is 2.72. The van der Waals surface area contributed by atoms with Crippen molar-refractivity contribution in [2.24, 2.45) is 0 Å². The van der Waals surface area contributed by atoms with Crippen molar-refractivity contribution in [3.05, 3.63) is 87.3 Å². The largest absolute Gasteiger partial charge is 0.492 e. The van der Waals surface area contributed by atoms with Crippen molar-refractivity contribution in [2.45, 2.75) is 13.5 Å². The third kappa shape index (κ3) is 4.89. The Morgan fingerprint density at radius 3 is 2.67 bits per heavy atom. The first-order valence-electron chi connectivity index (χ1n) is 8.75. The van der Waals surface area contributed by atoms with Crippen LogP contribution in [0.1, 0.15) is 11.1 Å². The summed E-state index contributed by atoms with van der Waals surface area (Å²) in [6.07, 6.45) is 1.62. The van der Waals surface area contributed by atoms with Crippen LogP contribution in [0.2, 0.25) is 5.02 Å². The number of rotatable bonds is 7. The van der Waals surface area contributed by atoms with Gasteiger partial charge in [-0.2, -0.15) is 5.10 Å². The van der Waals surface area contributed by atoms with Gasteiger partial charge in [0.05, 0.1) is 25.0 Å². The zero-order valence-electron chi connectivity index (χ0n) is 15.4. The van der Waals surface area contributed by atoms with E-state index in [1.165, 1.54) is 4.68 Å². The second-order valence-corrected chi connectivity index (χ2v) is 6.76. The fourth-order valence-corrected chi connectivity index (χ4v) is 3.01. The molecular formula is C21H22ClN3O2. The highest BCUT2D eigenvalue weighted by atomic mass is 35.5. The summed E-state index contributed by atoms with van der Waals surface area (Å²) < 4.78 is 7.14. The van der Waals surface area contributed by atoms with Gasteiger partial charge in [0.15, 0.2) is 0 Å². The molecule has 1 aromatic heterocycles. The van der Waals surface area contributed by atoms with E-state index in [1.807, 2.05) is 73.5 Å². The molecule has 3 rings (SSSR count). The third-order valence-electron chi connectivity index (χ3n) is 4.24. The van der Waals surface area contributed by atoms with Gasteiger partial charge in [0.2, 0.25) is 0 Å². The van der Waals surface area contributed by atoms with Crippen LogP contribution in [0.25, 0.3) is 0 Å². The smallest absolute Gasteiger partial charge is 0.287 e. The lowest BCUT2D eigenvalue weighted by Gasteiger charge is -2.20. The number of aryl methyl sites for hydroxylation is 1. The molecular weight excluding hydrogens is 362 g/mol. The van der Waals surface area contributed by atoms with Crippen molar-refractivity contribution < 1.29 is 4.74 Å². The van der Waals surface area contributed by atoms with Crippen LogP contribution in [0.3, 0.4) is 0 Å². The summed E-state index contributed by atoms with van der Waals surface area (Å²) in [5, 5.41) is 4.44. The molecule has 0 saturated carbocycles. The van der Waals surface area contributed by atoms with Gasteiger partial charge in [-0.1, -0.05) is 54.1 Å². The number of hydrogen-bond acceptors (Lipinski definition) is 4. The van der Waals surface area contributed by atoms with E-state index in [0.29, 0.717) is 25.4 Å². The average Bonchev–Trinajstić information content (AvgIpc) is 2.66. The summed E-state index contributed by atoms with van der Waals surface area (Å²) in [7, 11) is 1.86. The van der Waals surface area contributed by atoms with Gasteiger partial charge in [-0.25, -0.2) is 4.68 Å². The van der Waals surface area contributed by atoms with E-state index in [2.05, 4.69) is 5.10 Å². The number of benzene rings is 2. The van der Waals surface area contributed by atoms with Crippen molar-refractivity contribution in [2.75, 3.05) is 25.1 Å². The maximum Gasteiger partial charge on any atom is 0.287 e. The second-order valence-electron chi connectivity index (χ2n) is 6.38. The first-order chi connectivity index (χ1) is 13.0. The first-order valence-corrected chi connectivity index (χ1v) is 9.12. The van der Waals surface area contributed by atoms with Gasteiger partial charge in [-0.3, -0.25) is 4.79 Å². The molecule has 2 aromatic carbocycles. The zero-order chi connectivity index (χ0) is 19.2. The van der Waals surface area contributed by atoms with Crippen molar-refractivity contribution in [1.82, 2.24) is 9.78 Å². The minimum Gasteiger partial charge on any atom is -0.492 e. The lowest BCUT2D eigenvalue weighted by molar-refractivity contribution is 0.325. The fraction of sp³-hybridized carbons (Fsp3) is 0.238. The standard InChI is InChI=1S/C21H22ClN3O2/c1-16-7-6-10-18(13-16)27-12-11-24(2)19-14-23-25(21(26)20(19)22)15-17-8-4-3-5-9-17/h3-10,13-14H,11-12,15H2,1-2H3. The molecule has 0 aliphatic rings. The molecule has 0 atom stereocenters. The molecule has 0 aliphatic heterocycles. The summed E-state index contributed by atoms with van der Waals surface area (Å²) in [4.78, 5) is 14.4. The van der Waals surface area contributed by atoms with Crippen molar-refractivity contribution in [3.8, 4) is 5.75 Å². The molecule has 0 radical (unpaired) electrons. The van der Waals surface area contributed by atoms with E-state index < -0.39 is 0 Å². The van der Waals surface area contributed by atoms with Crippen LogP contribution in [0.4, 0.5) is 5.69 Å². The summed E-state index contributed by atoms with van der Waals surface area (Å²) in [5.41, 5.74) is 2.44. The highest BCUT2D eigenvalue weighted by molar-refractivity contribution is 6.33. The molecule has 0 fully saturated rings. The van der Waals surface area contributed by atoms with Gasteiger partial charge in [-0.05, 0) is 30.2 Å². The molecule has 3 aromatic rings. The molecule has 6 heteroatoms. The molecule has 5 nitrogen and oxygen atoms in total. The Bertz CT molecular complexity index is 957. The maximum absolute atomic E-state index is 12.5. The second kappa shape index (κ2) is 8.73. The lowest BCUT2D eigenvalue weighted by Crippen LogP contribution is -2.29. The highest BCUT2D eigenvalue weighted by Gasteiger charge is 2.13. The minimum atomic E-state index is -0.301. The SMILES string of the molecule is Cc1cccc(OCCN(C)c2cnn(Cc3ccccc3)c(=O)c2Cl)c1. The van der Waals surface area contributed by atoms with Crippen LogP contribution in [0.5, 0.6) is 5.75 Å². The van der Waals surface area contributed by atoms with Gasteiger partial charge in [0.1, 0.15) is 17.4 Å². The number of hydrogen-bond donors (Lipinski definition) is 0. The van der Waals surface area contributed by atoms with Gasteiger partial charge in [0.25, 0.3) is 5.56 Å². The van der Waals surface area contributed by atoms with Crippen LogP contribution >= 0.6 is 11.6 Å². The number of nitrogens with zero attached hydrogens (tertiary/aromatic N) is 3. The third-order valence-corrected chi connectivity index (χ3v) is 4.59. The van der Waals surface area contributed by atoms with E-state index in [9.17, 15) is 4.79 Å². The quantitative estimate of drug-likeness (QED) is 0.623. The van der Waals surface area contributed by atoms with Gasteiger partial charge in [-0.15, -0.1) is 0 Å². The van der Waals surface area contributed by atoms with Crippen LogP contribution < -0.4 is 15.2 Å². The predicted octanol–water partition coefficient (Wildman–Crippen LogP) is 3.77. The Hall–Kier alpha value is -2.79. The zero-order valence-corrected chi connectivity index (χ0v) is 16.2. The minimum absolute atomic E-state index is 0.166. The van der Waals surface area contributed by atoms with Crippen LogP contribution in [-0.4, -0.2) is 30.0 Å². The maximum atomic E-state index is 12.5. The summed E-state index contributed by atoms with van der Waals surface area (Å²) in [5.74, 6) is 0.825. The van der Waals surface area contributed by atoms with E-state index >= 15 is 0 Å². The van der Waals surface area contributed by atoms with Crippen LogP contribution in [0, 0.1) is 6.92 Å². The molecule has 0 amide bonds. The highest BCUT2D eigenvalue weighted by Crippen LogP contribution is 2.20. The predicted molar refractivity (Wildman–Crippen MR) is 109 cm³/mol. The Kier molecular flexibility index (Phi) is 6.14. The molecule has 0 spiro atoms. The summed E-state index contributed by atoms with van der Waals surface area (Å²) in [6, 6.07) is 17.6. The van der Waals surface area contributed by atoms with Gasteiger partial charge in [0, 0.05) is 7.05 Å². The normalized spacial score (nSPS) is 10.6. The monoisotopic (exact) mass is 383 g/mol. The molecule has 0 unspecified atom stereocenters. The lowest BCUT2D eigenvalue weighted by atomic mass is 10.2. The summed E-state index contributed by atoms with van der Waals surface area (Å²) in [6.45, 7) is 3.47. The number of halogens is 1. The molecule has 0 N–H and O–H groups in total. The Balaban J connectivity index is 1.65. The Morgan fingerprint density at radius 2 is 1.93 bits per heavy atom. The molecule has 140 valence electrons. The van der Waals surface area contributed by atoms with Crippen LogP contribution in [-0.2, 0) is 6.54 Å². The van der Waals surface area contributed by atoms with E-state index in [1.54, 1.807) is 6.20 Å². The van der Waals surface area contributed by atoms with Gasteiger partial charge >= 0.3 is 0 Å². The van der Waals surface area contributed by atoms with E-state index in [-0.39, 0.29) is 10.6 Å². The molecule has 1 heterocycles. The van der Waals surface area contributed by atoms with Gasteiger partial charge < -0.3 is 9.64 Å². The topological polar surface area (TPSA) is 47.4 Å². The van der Waals surface area contributed by atoms with Crippen LogP contribution in [0.15, 0.2) is 65.6 Å². The first kappa shape index (κ1) is 19.0. The van der Waals surface area contributed by atoms with E-state index in [4.69, 9.17) is 16.3 Å². The van der Waals surface area contributed by atoms with Crippen molar-refractivity contribution in [1.29, 1.82) is 0 Å². The number of ether oxygens (including phenoxy) is 1. The summed E-state index contributed by atoms with van der Waals surface area (Å²) >= 11 is 6.32. The molecule has 27 heavy (non-hydrogen) atoms. The molecule has 0 saturated heterocycles. The van der Waals surface area contributed by atoms with E-state index in [0.717, 1.165) is 16.9 Å².